The van der Waals surface area contributed by atoms with Crippen LogP contribution in [-0.4, -0.2) is 28.8 Å². The lowest BCUT2D eigenvalue weighted by molar-refractivity contribution is -0.256. The van der Waals surface area contributed by atoms with E-state index < -0.39 is 0 Å². The fourth-order valence-corrected chi connectivity index (χ4v) is 1.55. The van der Waals surface area contributed by atoms with Gasteiger partial charge in [-0.15, -0.1) is 12.6 Å². The van der Waals surface area contributed by atoms with Crippen LogP contribution in [0.4, 0.5) is 0 Å². The zero-order valence-corrected chi connectivity index (χ0v) is 9.44. The summed E-state index contributed by atoms with van der Waals surface area (Å²) in [5.41, 5.74) is 0. The van der Waals surface area contributed by atoms with Crippen LogP contribution in [0.2, 0.25) is 0 Å². The topological polar surface area (TPSA) is 21.7 Å². The molecule has 0 radical (unpaired) electrons. The van der Waals surface area contributed by atoms with Gasteiger partial charge in [0.1, 0.15) is 0 Å². The Morgan fingerprint density at radius 3 is 2.92 bits per heavy atom. The third kappa shape index (κ3) is 3.81. The van der Waals surface area contributed by atoms with E-state index in [2.05, 4.69) is 12.6 Å². The molecule has 76 valence electrons. The Kier molecular flexibility index (Phi) is 5.01. The summed E-state index contributed by atoms with van der Waals surface area (Å²) in [6, 6.07) is 0. The second-order valence-electron chi connectivity index (χ2n) is 2.88. The van der Waals surface area contributed by atoms with Crippen molar-refractivity contribution >= 4 is 29.2 Å². The molecule has 3 nitrogen and oxygen atoms in total. The normalized spacial score (nSPS) is 22.8. The van der Waals surface area contributed by atoms with Gasteiger partial charge < -0.3 is 4.74 Å². The van der Waals surface area contributed by atoms with Gasteiger partial charge in [-0.25, -0.2) is 9.90 Å². The highest BCUT2D eigenvalue weighted by molar-refractivity contribution is 8.10. The molecule has 0 aromatic rings. The van der Waals surface area contributed by atoms with Crippen molar-refractivity contribution in [2.24, 2.45) is 0 Å². The molecule has 5 heteroatoms. The van der Waals surface area contributed by atoms with Gasteiger partial charge in [-0.3, -0.25) is 0 Å². The van der Waals surface area contributed by atoms with Crippen molar-refractivity contribution < 1.29 is 9.57 Å². The van der Waals surface area contributed by atoms with Crippen molar-refractivity contribution in [3.63, 3.8) is 0 Å². The fourth-order valence-electron chi connectivity index (χ4n) is 1.19. The van der Waals surface area contributed by atoms with E-state index in [9.17, 15) is 0 Å². The molecule has 1 saturated heterocycles. The highest BCUT2D eigenvalue weighted by atomic mass is 32.1. The van der Waals surface area contributed by atoms with Crippen LogP contribution >= 0.6 is 24.8 Å². The van der Waals surface area contributed by atoms with Crippen molar-refractivity contribution in [1.29, 1.82) is 0 Å². The van der Waals surface area contributed by atoms with Crippen molar-refractivity contribution in [3.8, 4) is 0 Å². The van der Waals surface area contributed by atoms with E-state index in [1.807, 2.05) is 6.92 Å². The third-order valence-corrected chi connectivity index (χ3v) is 2.31. The van der Waals surface area contributed by atoms with Crippen molar-refractivity contribution in [2.45, 2.75) is 32.5 Å². The van der Waals surface area contributed by atoms with Gasteiger partial charge in [-0.05, 0) is 19.8 Å². The molecule has 1 aliphatic heterocycles. The molecule has 1 fully saturated rings. The van der Waals surface area contributed by atoms with Gasteiger partial charge >= 0.3 is 0 Å². The van der Waals surface area contributed by atoms with Gasteiger partial charge in [0.25, 0.3) is 0 Å². The Hall–Kier alpha value is 0.160. The predicted octanol–water partition coefficient (Wildman–Crippen LogP) is 1.98. The minimum atomic E-state index is -0.140. The first kappa shape index (κ1) is 11.2. The maximum Gasteiger partial charge on any atom is 0.183 e. The Morgan fingerprint density at radius 2 is 2.46 bits per heavy atom. The molecule has 0 amide bonds. The van der Waals surface area contributed by atoms with E-state index in [1.165, 1.54) is 0 Å². The van der Waals surface area contributed by atoms with Crippen LogP contribution in [0.15, 0.2) is 0 Å². The average Bonchev–Trinajstić information content (AvgIpc) is 2.15. The average molecular weight is 221 g/mol. The summed E-state index contributed by atoms with van der Waals surface area (Å²) in [5, 5.41) is 1.58. The second kappa shape index (κ2) is 5.80. The number of thiol groups is 1. The van der Waals surface area contributed by atoms with Crippen LogP contribution in [0.25, 0.3) is 0 Å². The molecule has 0 aromatic heterocycles. The lowest BCUT2D eigenvalue weighted by Crippen LogP contribution is -2.34. The maximum absolute atomic E-state index is 5.50. The molecular formula is C8H15NO2S2. The summed E-state index contributed by atoms with van der Waals surface area (Å²) >= 11 is 8.94. The standard InChI is InChI=1S/C8H15NO2S2/c1-2-9(8(12)13)11-7-5-3-4-6-10-7/h7H,2-6H2,1H3,(H,12,13). The summed E-state index contributed by atoms with van der Waals surface area (Å²) in [6.45, 7) is 3.44. The monoisotopic (exact) mass is 221 g/mol. The minimum Gasteiger partial charge on any atom is -0.350 e. The summed E-state index contributed by atoms with van der Waals surface area (Å²) in [5.74, 6) is 0. The van der Waals surface area contributed by atoms with E-state index in [0.29, 0.717) is 10.9 Å². The molecule has 1 unspecified atom stereocenters. The fraction of sp³-hybridized carbons (Fsp3) is 0.875. The first-order valence-corrected chi connectivity index (χ1v) is 5.38. The van der Waals surface area contributed by atoms with Crippen LogP contribution in [0, 0.1) is 0 Å². The molecule has 0 bridgehead atoms. The number of hydrogen-bond acceptors (Lipinski definition) is 3. The van der Waals surface area contributed by atoms with Gasteiger partial charge in [0.2, 0.25) is 0 Å². The first-order valence-electron chi connectivity index (χ1n) is 4.53. The van der Waals surface area contributed by atoms with Crippen molar-refractivity contribution in [3.05, 3.63) is 0 Å². The summed E-state index contributed by atoms with van der Waals surface area (Å²) in [6.07, 6.45) is 3.07. The van der Waals surface area contributed by atoms with Crippen LogP contribution < -0.4 is 0 Å². The van der Waals surface area contributed by atoms with Gasteiger partial charge in [0.05, 0.1) is 0 Å². The number of thiocarbonyl (C=S) groups is 1. The number of ether oxygens (including phenoxy) is 1. The molecule has 13 heavy (non-hydrogen) atoms. The smallest absolute Gasteiger partial charge is 0.183 e. The zero-order valence-electron chi connectivity index (χ0n) is 7.73. The number of hydroxylamine groups is 2. The summed E-state index contributed by atoms with van der Waals surface area (Å²) in [7, 11) is 0. The number of nitrogens with zero attached hydrogens (tertiary/aromatic N) is 1. The van der Waals surface area contributed by atoms with E-state index in [-0.39, 0.29) is 6.29 Å². The Bertz CT molecular complexity index is 172. The maximum atomic E-state index is 5.50. The molecule has 1 heterocycles. The largest absolute Gasteiger partial charge is 0.350 e. The van der Waals surface area contributed by atoms with E-state index in [0.717, 1.165) is 25.9 Å². The third-order valence-electron chi connectivity index (χ3n) is 1.88. The van der Waals surface area contributed by atoms with E-state index in [4.69, 9.17) is 21.8 Å². The zero-order chi connectivity index (χ0) is 9.68. The summed E-state index contributed by atoms with van der Waals surface area (Å²) < 4.78 is 5.86. The molecule has 0 saturated carbocycles. The van der Waals surface area contributed by atoms with Gasteiger partial charge in [0.15, 0.2) is 10.6 Å². The minimum absolute atomic E-state index is 0.140. The van der Waals surface area contributed by atoms with Crippen molar-refractivity contribution in [1.82, 2.24) is 5.06 Å². The first-order chi connectivity index (χ1) is 6.24. The molecular weight excluding hydrogens is 206 g/mol. The van der Waals surface area contributed by atoms with Gasteiger partial charge in [0, 0.05) is 19.6 Å². The van der Waals surface area contributed by atoms with Crippen LogP contribution in [0.5, 0.6) is 0 Å². The SMILES string of the molecule is CCN(OC1CCCCO1)C(=S)S. The molecule has 0 aromatic carbocycles. The van der Waals surface area contributed by atoms with Gasteiger partial charge in [-0.2, -0.15) is 0 Å². The highest BCUT2D eigenvalue weighted by Gasteiger charge is 2.18. The summed E-state index contributed by atoms with van der Waals surface area (Å²) in [4.78, 5) is 5.50. The van der Waals surface area contributed by atoms with E-state index in [1.54, 1.807) is 5.06 Å². The van der Waals surface area contributed by atoms with E-state index >= 15 is 0 Å². The molecule has 1 rings (SSSR count). The quantitative estimate of drug-likeness (QED) is 0.447. The number of hydrogen-bond donors (Lipinski definition) is 1. The Balaban J connectivity index is 2.31. The Labute approximate surface area is 89.7 Å². The predicted molar refractivity (Wildman–Crippen MR) is 58.6 cm³/mol. The second-order valence-corrected chi connectivity index (χ2v) is 3.99. The molecule has 0 spiro atoms. The molecule has 1 atom stereocenters. The number of rotatable bonds is 3. The molecule has 0 N–H and O–H groups in total. The lowest BCUT2D eigenvalue weighted by Gasteiger charge is -2.28. The van der Waals surface area contributed by atoms with Crippen LogP contribution in [-0.2, 0) is 9.57 Å². The van der Waals surface area contributed by atoms with Gasteiger partial charge in [-0.1, -0.05) is 12.2 Å². The highest BCUT2D eigenvalue weighted by Crippen LogP contribution is 2.15. The molecule has 0 aliphatic carbocycles. The lowest BCUT2D eigenvalue weighted by atomic mass is 10.2. The van der Waals surface area contributed by atoms with Crippen LogP contribution in [0.3, 0.4) is 0 Å². The van der Waals surface area contributed by atoms with Crippen LogP contribution in [0.1, 0.15) is 26.2 Å². The molecule has 1 aliphatic rings. The Morgan fingerprint density at radius 1 is 1.69 bits per heavy atom. The van der Waals surface area contributed by atoms with Crippen molar-refractivity contribution in [2.75, 3.05) is 13.2 Å².